The second kappa shape index (κ2) is 11.4. The molecule has 8 nitrogen and oxygen atoms in total. The van der Waals surface area contributed by atoms with Crippen molar-refractivity contribution in [2.45, 2.75) is 75.9 Å². The van der Waals surface area contributed by atoms with Gasteiger partial charge in [0.05, 0.1) is 4.75 Å². The zero-order valence-corrected chi connectivity index (χ0v) is 19.9. The predicted molar refractivity (Wildman–Crippen MR) is 119 cm³/mol. The number of carbonyl (C=O) groups excluding carboxylic acids is 1. The Bertz CT molecular complexity index is 665. The van der Waals surface area contributed by atoms with E-state index in [-0.39, 0.29) is 6.42 Å². The summed E-state index contributed by atoms with van der Waals surface area (Å²) in [6.07, 6.45) is 8.47. The van der Waals surface area contributed by atoms with Gasteiger partial charge in [0.25, 0.3) is 0 Å². The van der Waals surface area contributed by atoms with Crippen molar-refractivity contribution in [2.75, 3.05) is 45.9 Å². The van der Waals surface area contributed by atoms with Crippen molar-refractivity contribution >= 4 is 15.9 Å². The van der Waals surface area contributed by atoms with Crippen LogP contribution in [0.1, 0.15) is 71.1 Å². The van der Waals surface area contributed by atoms with Gasteiger partial charge < -0.3 is 9.64 Å². The summed E-state index contributed by atoms with van der Waals surface area (Å²) >= 11 is 0. The lowest BCUT2D eigenvalue weighted by Gasteiger charge is -2.44. The number of amides is 1. The van der Waals surface area contributed by atoms with Crippen LogP contribution in [0.25, 0.3) is 0 Å². The molecule has 0 aromatic heterocycles. The average molecular weight is 460 g/mol. The molecule has 0 unspecified atom stereocenters. The van der Waals surface area contributed by atoms with Crippen LogP contribution in [0.15, 0.2) is 0 Å². The molecule has 0 aliphatic carbocycles. The van der Waals surface area contributed by atoms with Gasteiger partial charge in [0.1, 0.15) is 0 Å². The summed E-state index contributed by atoms with van der Waals surface area (Å²) in [4.78, 5) is 14.5. The molecule has 0 aromatic rings. The van der Waals surface area contributed by atoms with E-state index in [9.17, 15) is 13.2 Å². The number of piperidine rings is 2. The molecule has 1 amide bonds. The number of carbonyl (C=O) groups is 1. The SMILES string of the molecule is CCCCCN1CCC(C2CCN(S(=O)(=O)C3(CC(=O)NO)CCOCC3)CC2)CC1. The van der Waals surface area contributed by atoms with Gasteiger partial charge in [-0.2, -0.15) is 0 Å². The molecular formula is C22H41N3O5S. The molecule has 0 bridgehead atoms. The van der Waals surface area contributed by atoms with E-state index in [1.54, 1.807) is 9.79 Å². The van der Waals surface area contributed by atoms with E-state index in [1.807, 2.05) is 0 Å². The Morgan fingerprint density at radius 1 is 1.03 bits per heavy atom. The molecule has 3 heterocycles. The molecule has 0 atom stereocenters. The number of sulfonamides is 1. The molecule has 0 aromatic carbocycles. The quantitative estimate of drug-likeness (QED) is 0.312. The van der Waals surface area contributed by atoms with Crippen LogP contribution in [0.2, 0.25) is 0 Å². The summed E-state index contributed by atoms with van der Waals surface area (Å²) in [5.74, 6) is 0.645. The van der Waals surface area contributed by atoms with Crippen LogP contribution in [-0.2, 0) is 19.6 Å². The number of hydrogen-bond donors (Lipinski definition) is 2. The van der Waals surface area contributed by atoms with Crippen LogP contribution < -0.4 is 5.48 Å². The van der Waals surface area contributed by atoms with E-state index >= 15 is 0 Å². The Labute approximate surface area is 187 Å². The van der Waals surface area contributed by atoms with Crippen molar-refractivity contribution in [3.63, 3.8) is 0 Å². The van der Waals surface area contributed by atoms with Gasteiger partial charge in [-0.15, -0.1) is 0 Å². The second-order valence-electron chi connectivity index (χ2n) is 9.63. The van der Waals surface area contributed by atoms with Gasteiger partial charge in [0.2, 0.25) is 15.9 Å². The van der Waals surface area contributed by atoms with Crippen LogP contribution in [0.3, 0.4) is 0 Å². The molecule has 0 spiro atoms. The third kappa shape index (κ3) is 5.99. The molecular weight excluding hydrogens is 418 g/mol. The zero-order chi connectivity index (χ0) is 22.3. The molecule has 3 saturated heterocycles. The zero-order valence-electron chi connectivity index (χ0n) is 19.1. The molecule has 0 radical (unpaired) electrons. The van der Waals surface area contributed by atoms with E-state index in [4.69, 9.17) is 9.94 Å². The highest BCUT2D eigenvalue weighted by molar-refractivity contribution is 7.90. The van der Waals surface area contributed by atoms with Crippen molar-refractivity contribution in [2.24, 2.45) is 11.8 Å². The third-order valence-electron chi connectivity index (χ3n) is 7.77. The number of ether oxygens (including phenoxy) is 1. The first-order chi connectivity index (χ1) is 14.9. The summed E-state index contributed by atoms with van der Waals surface area (Å²) in [7, 11) is -3.65. The molecule has 2 N–H and O–H groups in total. The van der Waals surface area contributed by atoms with Crippen LogP contribution >= 0.6 is 0 Å². The molecule has 3 aliphatic heterocycles. The Morgan fingerprint density at radius 3 is 2.16 bits per heavy atom. The molecule has 3 fully saturated rings. The number of hydrogen-bond acceptors (Lipinski definition) is 6. The van der Waals surface area contributed by atoms with Crippen molar-refractivity contribution < 1.29 is 23.2 Å². The highest BCUT2D eigenvalue weighted by Crippen LogP contribution is 2.39. The topological polar surface area (TPSA) is 99.2 Å². The number of rotatable bonds is 9. The summed E-state index contributed by atoms with van der Waals surface area (Å²) < 4.78 is 33.0. The molecule has 0 saturated carbocycles. The normalized spacial score (nSPS) is 24.8. The third-order valence-corrected chi connectivity index (χ3v) is 10.5. The van der Waals surface area contributed by atoms with E-state index in [1.165, 1.54) is 51.7 Å². The van der Waals surface area contributed by atoms with Crippen LogP contribution in [0.5, 0.6) is 0 Å². The maximum atomic E-state index is 13.6. The lowest BCUT2D eigenvalue weighted by Crippen LogP contribution is -2.55. The van der Waals surface area contributed by atoms with Gasteiger partial charge in [0.15, 0.2) is 0 Å². The van der Waals surface area contributed by atoms with Crippen molar-refractivity contribution in [1.29, 1.82) is 0 Å². The lowest BCUT2D eigenvalue weighted by atomic mass is 9.79. The van der Waals surface area contributed by atoms with Gasteiger partial charge in [0, 0.05) is 32.7 Å². The van der Waals surface area contributed by atoms with Crippen LogP contribution in [0, 0.1) is 11.8 Å². The predicted octanol–water partition coefficient (Wildman–Crippen LogP) is 2.38. The summed E-state index contributed by atoms with van der Waals surface area (Å²) in [6.45, 7) is 7.52. The Hall–Kier alpha value is -0.740. The van der Waals surface area contributed by atoms with Gasteiger partial charge in [-0.05, 0) is 76.4 Å². The highest BCUT2D eigenvalue weighted by atomic mass is 32.2. The first-order valence-corrected chi connectivity index (χ1v) is 13.6. The number of likely N-dealkylation sites (tertiary alicyclic amines) is 1. The Balaban J connectivity index is 1.54. The molecule has 3 rings (SSSR count). The minimum atomic E-state index is -3.65. The van der Waals surface area contributed by atoms with Crippen LogP contribution in [-0.4, -0.2) is 79.4 Å². The summed E-state index contributed by atoms with van der Waals surface area (Å²) in [6, 6.07) is 0. The van der Waals surface area contributed by atoms with Gasteiger partial charge in [-0.25, -0.2) is 18.2 Å². The minimum Gasteiger partial charge on any atom is -0.381 e. The first-order valence-electron chi connectivity index (χ1n) is 12.1. The Morgan fingerprint density at radius 2 is 1.61 bits per heavy atom. The molecule has 3 aliphatic rings. The summed E-state index contributed by atoms with van der Waals surface area (Å²) in [5.41, 5.74) is 1.61. The number of nitrogens with zero attached hydrogens (tertiary/aromatic N) is 2. The minimum absolute atomic E-state index is 0.217. The van der Waals surface area contributed by atoms with Crippen molar-refractivity contribution in [3.05, 3.63) is 0 Å². The number of nitrogens with one attached hydrogen (secondary N) is 1. The number of unbranched alkanes of at least 4 members (excludes halogenated alkanes) is 2. The largest absolute Gasteiger partial charge is 0.381 e. The number of hydroxylamine groups is 1. The van der Waals surface area contributed by atoms with E-state index in [2.05, 4.69) is 11.8 Å². The van der Waals surface area contributed by atoms with E-state index in [0.717, 1.165) is 12.8 Å². The fraction of sp³-hybridized carbons (Fsp3) is 0.955. The van der Waals surface area contributed by atoms with Gasteiger partial charge in [-0.3, -0.25) is 10.0 Å². The smallest absolute Gasteiger partial charge is 0.244 e. The van der Waals surface area contributed by atoms with E-state index in [0.29, 0.717) is 51.0 Å². The molecule has 31 heavy (non-hydrogen) atoms. The van der Waals surface area contributed by atoms with Gasteiger partial charge >= 0.3 is 0 Å². The first kappa shape index (κ1) is 24.9. The molecule has 9 heteroatoms. The van der Waals surface area contributed by atoms with Gasteiger partial charge in [-0.1, -0.05) is 19.8 Å². The van der Waals surface area contributed by atoms with Crippen LogP contribution in [0.4, 0.5) is 0 Å². The fourth-order valence-electron chi connectivity index (χ4n) is 5.70. The monoisotopic (exact) mass is 459 g/mol. The van der Waals surface area contributed by atoms with E-state index < -0.39 is 20.7 Å². The second-order valence-corrected chi connectivity index (χ2v) is 12.0. The summed E-state index contributed by atoms with van der Waals surface area (Å²) in [5, 5.41) is 8.97. The standard InChI is InChI=1S/C22H41N3O5S/c1-2-3-4-11-24-12-5-19(6-13-24)20-7-14-25(15-8-20)31(28,29)22(18-21(26)23-27)9-16-30-17-10-22/h19-20,27H,2-18H2,1H3,(H,23,26). The average Bonchev–Trinajstić information content (AvgIpc) is 2.80. The molecule has 180 valence electrons. The van der Waals surface area contributed by atoms with Crippen molar-refractivity contribution in [1.82, 2.24) is 14.7 Å². The maximum absolute atomic E-state index is 13.6. The van der Waals surface area contributed by atoms with Crippen molar-refractivity contribution in [3.8, 4) is 0 Å². The lowest BCUT2D eigenvalue weighted by molar-refractivity contribution is -0.130. The maximum Gasteiger partial charge on any atom is 0.244 e. The fourth-order valence-corrected chi connectivity index (χ4v) is 7.93. The Kier molecular flexibility index (Phi) is 9.16. The highest BCUT2D eigenvalue weighted by Gasteiger charge is 2.50.